The first-order valence-electron chi connectivity index (χ1n) is 7.72. The quantitative estimate of drug-likeness (QED) is 0.778. The molecule has 6 heteroatoms. The lowest BCUT2D eigenvalue weighted by atomic mass is 9.99. The zero-order valence-electron chi connectivity index (χ0n) is 13.2. The number of aromatic amines is 1. The van der Waals surface area contributed by atoms with Crippen molar-refractivity contribution in [1.82, 2.24) is 25.1 Å². The maximum Gasteiger partial charge on any atom is 0.119 e. The summed E-state index contributed by atoms with van der Waals surface area (Å²) < 4.78 is 7.17. The Labute approximate surface area is 134 Å². The van der Waals surface area contributed by atoms with E-state index in [-0.39, 0.29) is 6.04 Å². The number of benzene rings is 1. The first-order chi connectivity index (χ1) is 11.3. The highest BCUT2D eigenvalue weighted by atomic mass is 16.5. The van der Waals surface area contributed by atoms with Crippen molar-refractivity contribution in [2.75, 3.05) is 13.7 Å². The van der Waals surface area contributed by atoms with E-state index in [1.54, 1.807) is 13.4 Å². The Balaban J connectivity index is 1.72. The van der Waals surface area contributed by atoms with Gasteiger partial charge in [0.2, 0.25) is 0 Å². The van der Waals surface area contributed by atoms with E-state index in [0.29, 0.717) is 0 Å². The van der Waals surface area contributed by atoms with E-state index in [9.17, 15) is 0 Å². The number of nitrogens with zero attached hydrogens (tertiary/aromatic N) is 3. The van der Waals surface area contributed by atoms with Crippen LogP contribution in [0.3, 0.4) is 0 Å². The third-order valence-electron chi connectivity index (χ3n) is 4.42. The van der Waals surface area contributed by atoms with E-state index in [4.69, 9.17) is 4.74 Å². The molecule has 0 radical (unpaired) electrons. The van der Waals surface area contributed by atoms with Gasteiger partial charge in [-0.25, -0.2) is 9.67 Å². The minimum absolute atomic E-state index is 0.0944. The number of methoxy groups -OCH3 is 1. The molecule has 0 bridgehead atoms. The molecule has 0 spiro atoms. The van der Waals surface area contributed by atoms with Crippen molar-refractivity contribution in [2.45, 2.75) is 19.4 Å². The summed E-state index contributed by atoms with van der Waals surface area (Å²) in [4.78, 5) is 7.72. The molecule has 118 valence electrons. The number of hydrogen-bond donors (Lipinski definition) is 2. The predicted octanol–water partition coefficient (Wildman–Crippen LogP) is 2.15. The zero-order chi connectivity index (χ0) is 15.8. The second-order valence-electron chi connectivity index (χ2n) is 5.70. The highest BCUT2D eigenvalue weighted by molar-refractivity contribution is 5.41. The average molecular weight is 309 g/mol. The molecule has 0 aliphatic carbocycles. The molecule has 0 saturated heterocycles. The fourth-order valence-electron chi connectivity index (χ4n) is 3.17. The highest BCUT2D eigenvalue weighted by Crippen LogP contribution is 2.29. The molecule has 1 aliphatic rings. The zero-order valence-corrected chi connectivity index (χ0v) is 13.2. The number of nitrogens with one attached hydrogen (secondary N) is 2. The maximum atomic E-state index is 5.21. The first kappa shape index (κ1) is 14.0. The van der Waals surface area contributed by atoms with E-state index < -0.39 is 0 Å². The van der Waals surface area contributed by atoms with Gasteiger partial charge in [0.15, 0.2) is 0 Å². The standard InChI is InChI=1S/C17H19N5O/c1-11-14(16-17-15(7-8-18-16)19-10-20-17)9-21-22(11)12-3-5-13(23-2)6-4-12/h3-6,9-10,16,18H,7-8H2,1-2H3,(H,19,20). The molecule has 3 heterocycles. The summed E-state index contributed by atoms with van der Waals surface area (Å²) in [5, 5.41) is 8.12. The van der Waals surface area contributed by atoms with Gasteiger partial charge in [0, 0.05) is 29.9 Å². The van der Waals surface area contributed by atoms with Gasteiger partial charge in [-0.1, -0.05) is 0 Å². The number of fused-ring (bicyclic) bond motifs is 1. The molecular formula is C17H19N5O. The minimum Gasteiger partial charge on any atom is -0.497 e. The monoisotopic (exact) mass is 309 g/mol. The van der Waals surface area contributed by atoms with Crippen LogP contribution in [-0.2, 0) is 6.42 Å². The van der Waals surface area contributed by atoms with Crippen molar-refractivity contribution in [2.24, 2.45) is 0 Å². The Morgan fingerprint density at radius 2 is 2.09 bits per heavy atom. The van der Waals surface area contributed by atoms with Crippen LogP contribution in [0.2, 0.25) is 0 Å². The lowest BCUT2D eigenvalue weighted by molar-refractivity contribution is 0.414. The highest BCUT2D eigenvalue weighted by Gasteiger charge is 2.26. The van der Waals surface area contributed by atoms with Gasteiger partial charge in [0.1, 0.15) is 5.75 Å². The van der Waals surface area contributed by atoms with Gasteiger partial charge < -0.3 is 15.0 Å². The molecule has 0 amide bonds. The Bertz CT molecular complexity index is 818. The molecule has 6 nitrogen and oxygen atoms in total. The SMILES string of the molecule is COc1ccc(-n2ncc(C3NCCc4[nH]cnc43)c2C)cc1. The fourth-order valence-corrected chi connectivity index (χ4v) is 3.17. The van der Waals surface area contributed by atoms with Crippen LogP contribution in [0.15, 0.2) is 36.8 Å². The molecule has 0 saturated carbocycles. The van der Waals surface area contributed by atoms with E-state index in [2.05, 4.69) is 27.3 Å². The number of rotatable bonds is 3. The van der Waals surface area contributed by atoms with Crippen molar-refractivity contribution in [3.63, 3.8) is 0 Å². The number of aromatic nitrogens is 4. The van der Waals surface area contributed by atoms with Crippen molar-refractivity contribution in [1.29, 1.82) is 0 Å². The van der Waals surface area contributed by atoms with Crippen molar-refractivity contribution < 1.29 is 4.74 Å². The van der Waals surface area contributed by atoms with Gasteiger partial charge in [0.25, 0.3) is 0 Å². The average Bonchev–Trinajstić information content (AvgIpc) is 3.21. The van der Waals surface area contributed by atoms with Gasteiger partial charge in [-0.15, -0.1) is 0 Å². The van der Waals surface area contributed by atoms with E-state index >= 15 is 0 Å². The topological polar surface area (TPSA) is 67.8 Å². The smallest absolute Gasteiger partial charge is 0.119 e. The van der Waals surface area contributed by atoms with E-state index in [1.807, 2.05) is 35.1 Å². The molecule has 1 unspecified atom stereocenters. The minimum atomic E-state index is 0.0944. The summed E-state index contributed by atoms with van der Waals surface area (Å²) in [7, 11) is 1.67. The molecule has 2 N–H and O–H groups in total. The fraction of sp³-hybridized carbons (Fsp3) is 0.294. The molecule has 23 heavy (non-hydrogen) atoms. The molecule has 2 aromatic heterocycles. The van der Waals surface area contributed by atoms with E-state index in [0.717, 1.165) is 41.4 Å². The molecule has 4 rings (SSSR count). The maximum absolute atomic E-state index is 5.21. The second-order valence-corrected chi connectivity index (χ2v) is 5.70. The van der Waals surface area contributed by atoms with Crippen molar-refractivity contribution >= 4 is 0 Å². The Morgan fingerprint density at radius 3 is 2.87 bits per heavy atom. The molecule has 3 aromatic rings. The Hall–Kier alpha value is -2.60. The van der Waals surface area contributed by atoms with Crippen LogP contribution >= 0.6 is 0 Å². The molecule has 1 atom stereocenters. The third-order valence-corrected chi connectivity index (χ3v) is 4.42. The lowest BCUT2D eigenvalue weighted by Crippen LogP contribution is -2.31. The molecule has 1 aromatic carbocycles. The van der Waals surface area contributed by atoms with Crippen molar-refractivity contribution in [3.8, 4) is 11.4 Å². The van der Waals surface area contributed by atoms with Crippen LogP contribution in [0.1, 0.15) is 28.7 Å². The second kappa shape index (κ2) is 5.55. The summed E-state index contributed by atoms with van der Waals surface area (Å²) in [6.45, 7) is 3.03. The van der Waals surface area contributed by atoms with Crippen LogP contribution in [-0.4, -0.2) is 33.4 Å². The molecule has 0 fully saturated rings. The number of H-pyrrole nitrogens is 1. The third kappa shape index (κ3) is 2.31. The Kier molecular flexibility index (Phi) is 3.38. The normalized spacial score (nSPS) is 17.0. The summed E-state index contributed by atoms with van der Waals surface area (Å²) in [5.74, 6) is 0.842. The van der Waals surface area contributed by atoms with Crippen LogP contribution in [0.4, 0.5) is 0 Å². The van der Waals surface area contributed by atoms with Crippen LogP contribution < -0.4 is 10.1 Å². The summed E-state index contributed by atoms with van der Waals surface area (Å²) in [6.07, 6.45) is 4.69. The largest absolute Gasteiger partial charge is 0.497 e. The van der Waals surface area contributed by atoms with Crippen molar-refractivity contribution in [3.05, 3.63) is 59.4 Å². The predicted molar refractivity (Wildman–Crippen MR) is 87.0 cm³/mol. The van der Waals surface area contributed by atoms with Gasteiger partial charge in [-0.2, -0.15) is 5.10 Å². The summed E-state index contributed by atoms with van der Waals surface area (Å²) in [6, 6.07) is 8.01. The van der Waals surface area contributed by atoms with Crippen LogP contribution in [0.25, 0.3) is 5.69 Å². The van der Waals surface area contributed by atoms with Crippen LogP contribution in [0, 0.1) is 6.92 Å². The van der Waals surface area contributed by atoms with Gasteiger partial charge >= 0.3 is 0 Å². The van der Waals surface area contributed by atoms with Gasteiger partial charge in [-0.3, -0.25) is 0 Å². The molecular weight excluding hydrogens is 290 g/mol. The van der Waals surface area contributed by atoms with Crippen LogP contribution in [0.5, 0.6) is 5.75 Å². The summed E-state index contributed by atoms with van der Waals surface area (Å²) in [5.41, 5.74) is 5.59. The first-order valence-corrected chi connectivity index (χ1v) is 7.72. The molecule has 1 aliphatic heterocycles. The Morgan fingerprint density at radius 1 is 1.26 bits per heavy atom. The van der Waals surface area contributed by atoms with E-state index in [1.165, 1.54) is 5.69 Å². The van der Waals surface area contributed by atoms with Gasteiger partial charge in [-0.05, 0) is 31.2 Å². The number of hydrogen-bond acceptors (Lipinski definition) is 4. The van der Waals surface area contributed by atoms with Gasteiger partial charge in [0.05, 0.1) is 37.1 Å². The number of imidazole rings is 1. The lowest BCUT2D eigenvalue weighted by Gasteiger charge is -2.23. The summed E-state index contributed by atoms with van der Waals surface area (Å²) >= 11 is 0. The number of ether oxygens (including phenoxy) is 1.